The van der Waals surface area contributed by atoms with Crippen LogP contribution in [0.2, 0.25) is 0 Å². The fraction of sp³-hybridized carbons (Fsp3) is 0.562. The maximum atomic E-state index is 4.84. The standard InChI is InChI=1S/C16H20N8S/c1-2-8-22(7-1)14-4-3-13-18-19-15(24(13)21-14)12-5-9-23(10-6-12)16-20-17-11-25-16/h3-4,11-12H,1-2,5-10H2. The Morgan fingerprint density at radius 2 is 1.76 bits per heavy atom. The van der Waals surface area contributed by atoms with E-state index >= 15 is 0 Å². The van der Waals surface area contributed by atoms with E-state index in [-0.39, 0.29) is 0 Å². The van der Waals surface area contributed by atoms with Gasteiger partial charge in [-0.3, -0.25) is 0 Å². The van der Waals surface area contributed by atoms with Gasteiger partial charge in [-0.15, -0.1) is 25.5 Å². The van der Waals surface area contributed by atoms with Crippen molar-refractivity contribution in [3.05, 3.63) is 23.5 Å². The molecule has 0 unspecified atom stereocenters. The maximum absolute atomic E-state index is 4.84. The van der Waals surface area contributed by atoms with Crippen molar-refractivity contribution in [2.24, 2.45) is 0 Å². The summed E-state index contributed by atoms with van der Waals surface area (Å²) in [6.07, 6.45) is 4.57. The van der Waals surface area contributed by atoms with Gasteiger partial charge in [-0.25, -0.2) is 0 Å². The molecular formula is C16H20N8S. The molecule has 2 aliphatic heterocycles. The summed E-state index contributed by atoms with van der Waals surface area (Å²) in [5.74, 6) is 2.42. The third kappa shape index (κ3) is 2.72. The van der Waals surface area contributed by atoms with Gasteiger partial charge >= 0.3 is 0 Å². The predicted octanol–water partition coefficient (Wildman–Crippen LogP) is 1.96. The summed E-state index contributed by atoms with van der Waals surface area (Å²) in [7, 11) is 0. The largest absolute Gasteiger partial charge is 0.355 e. The Labute approximate surface area is 149 Å². The molecule has 5 heterocycles. The molecule has 2 saturated heterocycles. The molecule has 130 valence electrons. The van der Waals surface area contributed by atoms with Crippen molar-refractivity contribution in [1.82, 2.24) is 30.0 Å². The molecule has 2 aliphatic rings. The van der Waals surface area contributed by atoms with Gasteiger partial charge in [0, 0.05) is 32.1 Å². The van der Waals surface area contributed by atoms with Gasteiger partial charge in [-0.1, -0.05) is 11.3 Å². The van der Waals surface area contributed by atoms with E-state index in [4.69, 9.17) is 5.10 Å². The lowest BCUT2D eigenvalue weighted by Crippen LogP contribution is -2.33. The highest BCUT2D eigenvalue weighted by molar-refractivity contribution is 7.13. The average Bonchev–Trinajstić information content (AvgIpc) is 3.42. The topological polar surface area (TPSA) is 75.3 Å². The van der Waals surface area contributed by atoms with Crippen LogP contribution in [0.4, 0.5) is 10.9 Å². The zero-order valence-corrected chi connectivity index (χ0v) is 14.8. The van der Waals surface area contributed by atoms with Gasteiger partial charge in [-0.2, -0.15) is 4.52 Å². The molecule has 2 fully saturated rings. The Morgan fingerprint density at radius 1 is 0.920 bits per heavy atom. The molecule has 0 radical (unpaired) electrons. The summed E-state index contributed by atoms with van der Waals surface area (Å²) in [5.41, 5.74) is 2.63. The zero-order chi connectivity index (χ0) is 16.6. The monoisotopic (exact) mass is 356 g/mol. The van der Waals surface area contributed by atoms with Crippen molar-refractivity contribution in [3.8, 4) is 0 Å². The van der Waals surface area contributed by atoms with Crippen LogP contribution in [0, 0.1) is 0 Å². The van der Waals surface area contributed by atoms with E-state index in [1.807, 2.05) is 10.6 Å². The van der Waals surface area contributed by atoms with Gasteiger partial charge in [0.05, 0.1) is 0 Å². The van der Waals surface area contributed by atoms with Gasteiger partial charge in [0.1, 0.15) is 11.3 Å². The fourth-order valence-electron chi connectivity index (χ4n) is 3.80. The first kappa shape index (κ1) is 15.0. The minimum Gasteiger partial charge on any atom is -0.355 e. The van der Waals surface area contributed by atoms with Crippen LogP contribution in [0.1, 0.15) is 37.4 Å². The van der Waals surface area contributed by atoms with Crippen LogP contribution in [-0.4, -0.2) is 56.2 Å². The lowest BCUT2D eigenvalue weighted by atomic mass is 9.96. The molecule has 0 amide bonds. The van der Waals surface area contributed by atoms with Crippen molar-refractivity contribution in [2.45, 2.75) is 31.6 Å². The van der Waals surface area contributed by atoms with Crippen LogP contribution in [0.25, 0.3) is 5.65 Å². The van der Waals surface area contributed by atoms with Crippen molar-refractivity contribution in [3.63, 3.8) is 0 Å². The molecule has 0 bridgehead atoms. The Balaban J connectivity index is 1.38. The second-order valence-corrected chi connectivity index (χ2v) is 7.51. The van der Waals surface area contributed by atoms with Crippen molar-refractivity contribution >= 4 is 27.9 Å². The molecule has 5 rings (SSSR count). The molecule has 0 saturated carbocycles. The summed E-state index contributed by atoms with van der Waals surface area (Å²) < 4.78 is 1.96. The van der Waals surface area contributed by atoms with Crippen molar-refractivity contribution < 1.29 is 0 Å². The first-order valence-electron chi connectivity index (χ1n) is 8.87. The molecule has 9 heteroatoms. The van der Waals surface area contributed by atoms with Crippen LogP contribution in [0.3, 0.4) is 0 Å². The number of anilines is 2. The molecule has 3 aromatic heterocycles. The van der Waals surface area contributed by atoms with Gasteiger partial charge in [0.2, 0.25) is 5.13 Å². The molecule has 0 aliphatic carbocycles. The van der Waals surface area contributed by atoms with E-state index < -0.39 is 0 Å². The fourth-order valence-corrected chi connectivity index (χ4v) is 4.41. The molecular weight excluding hydrogens is 336 g/mol. The Bertz CT molecular complexity index is 846. The number of hydrogen-bond donors (Lipinski definition) is 0. The Hall–Kier alpha value is -2.29. The SMILES string of the molecule is c1nnc(N2CCC(c3nnc4ccc(N5CCCC5)nn34)CC2)s1. The normalized spacial score (nSPS) is 19.2. The van der Waals surface area contributed by atoms with Crippen LogP contribution < -0.4 is 9.80 Å². The molecule has 25 heavy (non-hydrogen) atoms. The zero-order valence-electron chi connectivity index (χ0n) is 14.0. The van der Waals surface area contributed by atoms with Gasteiger partial charge in [0.25, 0.3) is 0 Å². The Morgan fingerprint density at radius 3 is 2.52 bits per heavy atom. The number of hydrogen-bond acceptors (Lipinski definition) is 8. The van der Waals surface area contributed by atoms with Crippen LogP contribution >= 0.6 is 11.3 Å². The summed E-state index contributed by atoms with van der Waals surface area (Å²) >= 11 is 1.60. The molecule has 0 atom stereocenters. The minimum atomic E-state index is 0.389. The highest BCUT2D eigenvalue weighted by Crippen LogP contribution is 2.30. The van der Waals surface area contributed by atoms with Crippen LogP contribution in [0.15, 0.2) is 17.6 Å². The Kier molecular flexibility index (Phi) is 3.73. The van der Waals surface area contributed by atoms with Gasteiger partial charge in [0.15, 0.2) is 11.5 Å². The number of nitrogens with zero attached hydrogens (tertiary/aromatic N) is 8. The summed E-state index contributed by atoms with van der Waals surface area (Å²) in [4.78, 5) is 4.65. The van der Waals surface area contributed by atoms with E-state index in [0.29, 0.717) is 5.92 Å². The second kappa shape index (κ2) is 6.21. The number of aromatic nitrogens is 6. The van der Waals surface area contributed by atoms with E-state index in [9.17, 15) is 0 Å². The number of rotatable bonds is 3. The highest BCUT2D eigenvalue weighted by Gasteiger charge is 2.26. The number of fused-ring (bicyclic) bond motifs is 1. The third-order valence-electron chi connectivity index (χ3n) is 5.18. The average molecular weight is 356 g/mol. The molecule has 3 aromatic rings. The van der Waals surface area contributed by atoms with Crippen LogP contribution in [-0.2, 0) is 0 Å². The molecule has 0 spiro atoms. The molecule has 0 aromatic carbocycles. The number of piperidine rings is 1. The summed E-state index contributed by atoms with van der Waals surface area (Å²) in [5, 5.41) is 22.8. The lowest BCUT2D eigenvalue weighted by molar-refractivity contribution is 0.476. The molecule has 0 N–H and O–H groups in total. The predicted molar refractivity (Wildman–Crippen MR) is 96.3 cm³/mol. The van der Waals surface area contributed by atoms with Gasteiger partial charge in [-0.05, 0) is 37.8 Å². The summed E-state index contributed by atoms with van der Waals surface area (Å²) in [6.45, 7) is 4.13. The van der Waals surface area contributed by atoms with E-state index in [1.54, 1.807) is 16.8 Å². The summed E-state index contributed by atoms with van der Waals surface area (Å²) in [6, 6.07) is 4.10. The third-order valence-corrected chi connectivity index (χ3v) is 5.93. The quantitative estimate of drug-likeness (QED) is 0.710. The highest BCUT2D eigenvalue weighted by atomic mass is 32.1. The van der Waals surface area contributed by atoms with Gasteiger partial charge < -0.3 is 9.80 Å². The van der Waals surface area contributed by atoms with Crippen LogP contribution in [0.5, 0.6) is 0 Å². The molecule has 8 nitrogen and oxygen atoms in total. The lowest BCUT2D eigenvalue weighted by Gasteiger charge is -2.30. The minimum absolute atomic E-state index is 0.389. The van der Waals surface area contributed by atoms with Crippen molar-refractivity contribution in [2.75, 3.05) is 36.0 Å². The second-order valence-electron chi connectivity index (χ2n) is 6.70. The van der Waals surface area contributed by atoms with Crippen molar-refractivity contribution in [1.29, 1.82) is 0 Å². The maximum Gasteiger partial charge on any atom is 0.208 e. The van der Waals surface area contributed by atoms with E-state index in [1.165, 1.54) is 12.8 Å². The van der Waals surface area contributed by atoms with E-state index in [0.717, 1.165) is 61.4 Å². The smallest absolute Gasteiger partial charge is 0.208 e. The first-order chi connectivity index (χ1) is 12.4. The van der Waals surface area contributed by atoms with E-state index in [2.05, 4.69) is 36.3 Å². The first-order valence-corrected chi connectivity index (χ1v) is 9.75.